The molecule has 0 bridgehead atoms. The van der Waals surface area contributed by atoms with Crippen LogP contribution < -0.4 is 0 Å². The third-order valence-electron chi connectivity index (χ3n) is 4.74. The Morgan fingerprint density at radius 1 is 1.12 bits per heavy atom. The lowest BCUT2D eigenvalue weighted by atomic mass is 10.0. The molecule has 1 unspecified atom stereocenters. The normalized spacial score (nSPS) is 15.7. The van der Waals surface area contributed by atoms with Crippen LogP contribution in [0.3, 0.4) is 0 Å². The standard InChI is InChI=1S/C18H19Cl2N5/c1-3-12(10-5-6-10)17-21-16-15(13-8-7-11(19)9-14(13)20)23-25(4-2)24-18(16)22-17/h7-10,12H,3-6H2,1-2H3. The second kappa shape index (κ2) is 6.54. The van der Waals surface area contributed by atoms with E-state index in [0.29, 0.717) is 45.6 Å². The maximum absolute atomic E-state index is 6.41. The molecule has 25 heavy (non-hydrogen) atoms. The van der Waals surface area contributed by atoms with E-state index in [-0.39, 0.29) is 0 Å². The molecule has 0 radical (unpaired) electrons. The molecule has 1 saturated carbocycles. The molecule has 2 aliphatic heterocycles. The van der Waals surface area contributed by atoms with E-state index >= 15 is 0 Å². The van der Waals surface area contributed by atoms with E-state index in [4.69, 9.17) is 33.2 Å². The number of benzene rings is 1. The first-order valence-corrected chi connectivity index (χ1v) is 9.44. The van der Waals surface area contributed by atoms with Gasteiger partial charge in [0.25, 0.3) is 0 Å². The largest absolute Gasteiger partial charge is 0.227 e. The number of rotatable bonds is 5. The van der Waals surface area contributed by atoms with Crippen molar-refractivity contribution in [1.29, 1.82) is 0 Å². The molecule has 7 heteroatoms. The Balaban J connectivity index is 1.89. The molecule has 2 heterocycles. The quantitative estimate of drug-likeness (QED) is 0.624. The van der Waals surface area contributed by atoms with Gasteiger partial charge in [-0.3, -0.25) is 0 Å². The number of nitrogens with zero attached hydrogens (tertiary/aromatic N) is 5. The number of halogens is 2. The van der Waals surface area contributed by atoms with Gasteiger partial charge in [-0.05, 0) is 50.3 Å². The first-order valence-electron chi connectivity index (χ1n) is 8.68. The molecular weight excluding hydrogens is 357 g/mol. The van der Waals surface area contributed by atoms with Crippen LogP contribution in [0.1, 0.15) is 44.9 Å². The van der Waals surface area contributed by atoms with Crippen LogP contribution in [0, 0.1) is 5.92 Å². The van der Waals surface area contributed by atoms with Gasteiger partial charge in [0.15, 0.2) is 0 Å². The van der Waals surface area contributed by atoms with E-state index in [2.05, 4.69) is 17.1 Å². The molecule has 1 aliphatic carbocycles. The van der Waals surface area contributed by atoms with E-state index < -0.39 is 0 Å². The fourth-order valence-corrected chi connectivity index (χ4v) is 3.77. The van der Waals surface area contributed by atoms with Gasteiger partial charge in [-0.25, -0.2) is 9.97 Å². The number of aromatic nitrogens is 5. The zero-order valence-electron chi connectivity index (χ0n) is 14.2. The minimum Gasteiger partial charge on any atom is -0.227 e. The first-order chi connectivity index (χ1) is 12.1. The SMILES string of the molecule is CCC(c1nc2nn(CC)nc(-c3ccc(Cl)cc3Cl)c-2n1)C1CC1. The van der Waals surface area contributed by atoms with Crippen LogP contribution in [-0.2, 0) is 6.54 Å². The van der Waals surface area contributed by atoms with Crippen LogP contribution in [0.15, 0.2) is 18.2 Å². The Morgan fingerprint density at radius 2 is 1.92 bits per heavy atom. The van der Waals surface area contributed by atoms with Crippen molar-refractivity contribution in [2.45, 2.75) is 45.6 Å². The lowest BCUT2D eigenvalue weighted by molar-refractivity contribution is 0.541. The van der Waals surface area contributed by atoms with Crippen molar-refractivity contribution in [1.82, 2.24) is 25.0 Å². The summed E-state index contributed by atoms with van der Waals surface area (Å²) in [7, 11) is 0. The predicted molar refractivity (Wildman–Crippen MR) is 99.1 cm³/mol. The summed E-state index contributed by atoms with van der Waals surface area (Å²) in [5.74, 6) is 2.62. The first kappa shape index (κ1) is 16.7. The molecule has 4 rings (SSSR count). The minimum absolute atomic E-state index is 0.401. The van der Waals surface area contributed by atoms with E-state index in [1.807, 2.05) is 19.1 Å². The van der Waals surface area contributed by atoms with Crippen molar-refractivity contribution >= 4 is 23.2 Å². The highest BCUT2D eigenvalue weighted by molar-refractivity contribution is 6.36. The Bertz CT molecular complexity index is 887. The maximum Gasteiger partial charge on any atom is 0.204 e. The van der Waals surface area contributed by atoms with Crippen LogP contribution >= 0.6 is 23.2 Å². The number of aryl methyl sites for hydroxylation is 1. The summed E-state index contributed by atoms with van der Waals surface area (Å²) in [6.07, 6.45) is 3.57. The molecule has 5 nitrogen and oxygen atoms in total. The van der Waals surface area contributed by atoms with Crippen molar-refractivity contribution in [2.24, 2.45) is 5.92 Å². The number of fused-ring (bicyclic) bond motifs is 1. The monoisotopic (exact) mass is 375 g/mol. The van der Waals surface area contributed by atoms with Crippen LogP contribution in [0.4, 0.5) is 0 Å². The lowest BCUT2D eigenvalue weighted by Crippen LogP contribution is -2.10. The second-order valence-corrected chi connectivity index (χ2v) is 7.31. The van der Waals surface area contributed by atoms with Crippen LogP contribution in [-0.4, -0.2) is 25.0 Å². The van der Waals surface area contributed by atoms with Crippen molar-refractivity contribution in [3.8, 4) is 22.8 Å². The van der Waals surface area contributed by atoms with Gasteiger partial charge in [0.05, 0.1) is 11.6 Å². The van der Waals surface area contributed by atoms with Gasteiger partial charge in [0.2, 0.25) is 5.82 Å². The lowest BCUT2D eigenvalue weighted by Gasteiger charge is -2.10. The summed E-state index contributed by atoms with van der Waals surface area (Å²) >= 11 is 12.5. The number of imidazole rings is 1. The molecule has 0 amide bonds. The molecule has 130 valence electrons. The minimum atomic E-state index is 0.401. The third kappa shape index (κ3) is 3.11. The molecule has 1 fully saturated rings. The summed E-state index contributed by atoms with van der Waals surface area (Å²) in [4.78, 5) is 11.2. The van der Waals surface area contributed by atoms with Crippen LogP contribution in [0.2, 0.25) is 10.0 Å². The Morgan fingerprint density at radius 3 is 2.56 bits per heavy atom. The average Bonchev–Trinajstić information content (AvgIpc) is 3.33. The van der Waals surface area contributed by atoms with Gasteiger partial charge in [-0.15, -0.1) is 5.10 Å². The Labute approximate surface area is 156 Å². The Kier molecular flexibility index (Phi) is 4.38. The number of hydrogen-bond acceptors (Lipinski definition) is 4. The molecule has 3 aliphatic rings. The van der Waals surface area contributed by atoms with Crippen molar-refractivity contribution in [2.75, 3.05) is 0 Å². The second-order valence-electron chi connectivity index (χ2n) is 6.47. The summed E-state index contributed by atoms with van der Waals surface area (Å²) < 4.78 is 0. The van der Waals surface area contributed by atoms with E-state index in [0.717, 1.165) is 17.8 Å². The molecule has 1 atom stereocenters. The fraction of sp³-hybridized carbons (Fsp3) is 0.444. The average molecular weight is 376 g/mol. The molecule has 0 aromatic heterocycles. The zero-order chi connectivity index (χ0) is 17.6. The van der Waals surface area contributed by atoms with Gasteiger partial charge in [0.1, 0.15) is 17.2 Å². The summed E-state index contributed by atoms with van der Waals surface area (Å²) in [5, 5.41) is 10.3. The Hall–Kier alpha value is -1.72. The summed E-state index contributed by atoms with van der Waals surface area (Å²) in [6.45, 7) is 4.84. The van der Waals surface area contributed by atoms with Gasteiger partial charge in [0, 0.05) is 16.5 Å². The van der Waals surface area contributed by atoms with E-state index in [9.17, 15) is 0 Å². The zero-order valence-corrected chi connectivity index (χ0v) is 15.7. The number of hydrogen-bond donors (Lipinski definition) is 0. The molecule has 1 aromatic rings. The highest BCUT2D eigenvalue weighted by atomic mass is 35.5. The van der Waals surface area contributed by atoms with Gasteiger partial charge < -0.3 is 0 Å². The predicted octanol–water partition coefficient (Wildman–Crippen LogP) is 5.07. The summed E-state index contributed by atoms with van der Waals surface area (Å²) in [5.41, 5.74) is 2.22. The fourth-order valence-electron chi connectivity index (χ4n) is 3.27. The molecule has 0 spiro atoms. The third-order valence-corrected chi connectivity index (χ3v) is 5.29. The van der Waals surface area contributed by atoms with Crippen LogP contribution in [0.25, 0.3) is 22.8 Å². The summed E-state index contributed by atoms with van der Waals surface area (Å²) in [6, 6.07) is 5.40. The van der Waals surface area contributed by atoms with Crippen molar-refractivity contribution in [3.05, 3.63) is 34.1 Å². The van der Waals surface area contributed by atoms with Crippen molar-refractivity contribution in [3.63, 3.8) is 0 Å². The molecule has 0 saturated heterocycles. The van der Waals surface area contributed by atoms with Gasteiger partial charge in [-0.2, -0.15) is 9.90 Å². The molecule has 1 aromatic carbocycles. The molecule has 0 N–H and O–H groups in total. The highest BCUT2D eigenvalue weighted by Gasteiger charge is 2.35. The van der Waals surface area contributed by atoms with Crippen molar-refractivity contribution < 1.29 is 0 Å². The maximum atomic E-state index is 6.41. The van der Waals surface area contributed by atoms with E-state index in [1.165, 1.54) is 12.8 Å². The van der Waals surface area contributed by atoms with Gasteiger partial charge in [-0.1, -0.05) is 30.1 Å². The topological polar surface area (TPSA) is 56.5 Å². The molecular formula is C18H19Cl2N5. The van der Waals surface area contributed by atoms with E-state index in [1.54, 1.807) is 10.9 Å². The van der Waals surface area contributed by atoms with Gasteiger partial charge >= 0.3 is 0 Å². The smallest absolute Gasteiger partial charge is 0.204 e. The van der Waals surface area contributed by atoms with Crippen LogP contribution in [0.5, 0.6) is 0 Å². The highest BCUT2D eigenvalue weighted by Crippen LogP contribution is 2.44.